The highest BCUT2D eigenvalue weighted by Crippen LogP contribution is 2.24. The fraction of sp³-hybridized carbons (Fsp3) is 0.370. The van der Waals surface area contributed by atoms with Gasteiger partial charge in [0.05, 0.1) is 18.9 Å². The summed E-state index contributed by atoms with van der Waals surface area (Å²) >= 11 is 0. The second-order valence-corrected chi connectivity index (χ2v) is 8.56. The number of aliphatic hydroxyl groups excluding tert-OH is 1. The van der Waals surface area contributed by atoms with Crippen molar-refractivity contribution in [3.63, 3.8) is 0 Å². The number of morpholine rings is 1. The predicted octanol–water partition coefficient (Wildman–Crippen LogP) is 3.98. The van der Waals surface area contributed by atoms with E-state index in [1.165, 1.54) is 16.7 Å². The average Bonchev–Trinajstić information content (AvgIpc) is 2.82. The largest absolute Gasteiger partial charge is 0.395 e. The second-order valence-electron chi connectivity index (χ2n) is 8.56. The summed E-state index contributed by atoms with van der Waals surface area (Å²) in [5.41, 5.74) is 7.12. The molecule has 0 unspecified atom stereocenters. The summed E-state index contributed by atoms with van der Waals surface area (Å²) in [6.07, 6.45) is 0.837. The van der Waals surface area contributed by atoms with Crippen LogP contribution < -0.4 is 4.90 Å². The van der Waals surface area contributed by atoms with Crippen molar-refractivity contribution >= 4 is 5.69 Å². The van der Waals surface area contributed by atoms with Crippen molar-refractivity contribution in [2.75, 3.05) is 44.8 Å². The van der Waals surface area contributed by atoms with Gasteiger partial charge in [-0.1, -0.05) is 42.5 Å². The highest BCUT2D eigenvalue weighted by atomic mass is 16.5. The summed E-state index contributed by atoms with van der Waals surface area (Å²) < 4.78 is 6.10. The van der Waals surface area contributed by atoms with Gasteiger partial charge in [-0.15, -0.1) is 0 Å². The number of rotatable bonds is 8. The van der Waals surface area contributed by atoms with Crippen LogP contribution in [0.5, 0.6) is 0 Å². The lowest BCUT2D eigenvalue weighted by Crippen LogP contribution is -2.38. The van der Waals surface area contributed by atoms with Crippen molar-refractivity contribution in [3.8, 4) is 0 Å². The fourth-order valence-electron chi connectivity index (χ4n) is 4.20. The molecule has 0 amide bonds. The molecular formula is C27H33N3O2. The van der Waals surface area contributed by atoms with Crippen LogP contribution in [0.15, 0.2) is 66.7 Å². The Morgan fingerprint density at radius 2 is 1.88 bits per heavy atom. The normalized spacial score (nSPS) is 16.8. The van der Waals surface area contributed by atoms with Crippen LogP contribution in [-0.2, 0) is 17.7 Å². The molecule has 0 saturated carbocycles. The molecular weight excluding hydrogens is 398 g/mol. The van der Waals surface area contributed by atoms with Gasteiger partial charge in [0.2, 0.25) is 0 Å². The van der Waals surface area contributed by atoms with Gasteiger partial charge in [0.15, 0.2) is 0 Å². The van der Waals surface area contributed by atoms with Crippen LogP contribution in [0.1, 0.15) is 34.2 Å². The maximum Gasteiger partial charge on any atom is 0.112 e. The molecule has 0 aliphatic carbocycles. The number of likely N-dealkylation sites (N-methyl/N-ethyl adjacent to an activating group) is 1. The molecule has 168 valence electrons. The number of nitrogens with zero attached hydrogens (tertiary/aromatic N) is 3. The first kappa shape index (κ1) is 22.5. The van der Waals surface area contributed by atoms with E-state index in [9.17, 15) is 0 Å². The van der Waals surface area contributed by atoms with E-state index in [1.54, 1.807) is 0 Å². The highest BCUT2D eigenvalue weighted by molar-refractivity contribution is 5.46. The van der Waals surface area contributed by atoms with Crippen LogP contribution in [-0.4, -0.2) is 54.9 Å². The van der Waals surface area contributed by atoms with E-state index in [-0.39, 0.29) is 12.7 Å². The van der Waals surface area contributed by atoms with Crippen molar-refractivity contribution in [1.82, 2.24) is 9.88 Å². The van der Waals surface area contributed by atoms with Gasteiger partial charge in [0.1, 0.15) is 6.10 Å². The molecule has 1 aromatic heterocycles. The molecule has 1 fully saturated rings. The molecule has 1 atom stereocenters. The molecule has 5 nitrogen and oxygen atoms in total. The Kier molecular flexibility index (Phi) is 7.53. The van der Waals surface area contributed by atoms with Crippen LogP contribution in [0.2, 0.25) is 0 Å². The van der Waals surface area contributed by atoms with Gasteiger partial charge in [0.25, 0.3) is 0 Å². The van der Waals surface area contributed by atoms with Crippen LogP contribution in [0.3, 0.4) is 0 Å². The van der Waals surface area contributed by atoms with Crippen molar-refractivity contribution in [2.45, 2.75) is 26.0 Å². The van der Waals surface area contributed by atoms with Gasteiger partial charge >= 0.3 is 0 Å². The van der Waals surface area contributed by atoms with Crippen LogP contribution >= 0.6 is 0 Å². The molecule has 0 radical (unpaired) electrons. The standard InChI is InChI=1S/C27H33N3O2/c1-21-6-3-4-7-23(21)18-24-8-5-9-26(28-24)27-20-30(15-17-32-27)19-22-10-12-25(13-11-22)29(2)14-16-31/h3-13,27,31H,14-20H2,1-2H3/t27-/m1/s1. The Balaban J connectivity index is 1.39. The zero-order chi connectivity index (χ0) is 22.3. The van der Waals surface area contributed by atoms with Crippen LogP contribution in [0.25, 0.3) is 0 Å². The molecule has 0 spiro atoms. The molecule has 1 aliphatic rings. The number of aryl methyl sites for hydroxylation is 1. The van der Waals surface area contributed by atoms with Gasteiger partial charge in [0, 0.05) is 51.0 Å². The Hall–Kier alpha value is -2.73. The summed E-state index contributed by atoms with van der Waals surface area (Å²) in [7, 11) is 2.00. The van der Waals surface area contributed by atoms with E-state index in [1.807, 2.05) is 7.05 Å². The minimum absolute atomic E-state index is 0.00414. The monoisotopic (exact) mass is 431 g/mol. The maximum atomic E-state index is 9.13. The summed E-state index contributed by atoms with van der Waals surface area (Å²) in [6.45, 7) is 6.32. The third-order valence-corrected chi connectivity index (χ3v) is 6.16. The van der Waals surface area contributed by atoms with E-state index in [2.05, 4.69) is 83.5 Å². The molecule has 4 rings (SSSR count). The second kappa shape index (κ2) is 10.7. The molecule has 1 aliphatic heterocycles. The SMILES string of the molecule is Cc1ccccc1Cc1cccc([C@H]2CN(Cc3ccc(N(C)CCO)cc3)CCO2)n1. The van der Waals surface area contributed by atoms with Crippen molar-refractivity contribution in [2.24, 2.45) is 0 Å². The number of pyridine rings is 1. The quantitative estimate of drug-likeness (QED) is 0.585. The number of anilines is 1. The van der Waals surface area contributed by atoms with E-state index in [0.717, 1.165) is 43.1 Å². The Morgan fingerprint density at radius 3 is 2.66 bits per heavy atom. The first-order valence-corrected chi connectivity index (χ1v) is 11.4. The zero-order valence-corrected chi connectivity index (χ0v) is 19.1. The highest BCUT2D eigenvalue weighted by Gasteiger charge is 2.23. The molecule has 3 aromatic rings. The molecule has 32 heavy (non-hydrogen) atoms. The van der Waals surface area contributed by atoms with Crippen molar-refractivity contribution in [1.29, 1.82) is 0 Å². The third kappa shape index (κ3) is 5.74. The first-order valence-electron chi connectivity index (χ1n) is 11.4. The molecule has 1 N–H and O–H groups in total. The van der Waals surface area contributed by atoms with Crippen molar-refractivity contribution < 1.29 is 9.84 Å². The number of hydrogen-bond donors (Lipinski definition) is 1. The summed E-state index contributed by atoms with van der Waals surface area (Å²) in [6, 6.07) is 23.4. The summed E-state index contributed by atoms with van der Waals surface area (Å²) in [5, 5.41) is 9.13. The first-order chi connectivity index (χ1) is 15.6. The van der Waals surface area contributed by atoms with E-state index in [4.69, 9.17) is 14.8 Å². The topological polar surface area (TPSA) is 48.8 Å². The minimum atomic E-state index is -0.00414. The summed E-state index contributed by atoms with van der Waals surface area (Å²) in [4.78, 5) is 9.45. The number of benzene rings is 2. The lowest BCUT2D eigenvalue weighted by molar-refractivity contribution is -0.0350. The maximum absolute atomic E-state index is 9.13. The number of hydrogen-bond acceptors (Lipinski definition) is 5. The van der Waals surface area contributed by atoms with Crippen LogP contribution in [0, 0.1) is 6.92 Å². The van der Waals surface area contributed by atoms with Crippen molar-refractivity contribution in [3.05, 3.63) is 94.8 Å². The van der Waals surface area contributed by atoms with Gasteiger partial charge in [-0.3, -0.25) is 9.88 Å². The minimum Gasteiger partial charge on any atom is -0.395 e. The smallest absolute Gasteiger partial charge is 0.112 e. The van der Waals surface area contributed by atoms with Gasteiger partial charge in [-0.25, -0.2) is 0 Å². The lowest BCUT2D eigenvalue weighted by atomic mass is 10.0. The van der Waals surface area contributed by atoms with Gasteiger partial charge < -0.3 is 14.7 Å². The third-order valence-electron chi connectivity index (χ3n) is 6.16. The molecule has 1 saturated heterocycles. The van der Waals surface area contributed by atoms with E-state index in [0.29, 0.717) is 13.2 Å². The number of aliphatic hydroxyl groups is 1. The van der Waals surface area contributed by atoms with Gasteiger partial charge in [-0.05, 0) is 47.9 Å². The zero-order valence-electron chi connectivity index (χ0n) is 19.1. The Morgan fingerprint density at radius 1 is 1.06 bits per heavy atom. The Labute approximate surface area is 191 Å². The molecule has 2 heterocycles. The average molecular weight is 432 g/mol. The molecule has 0 bridgehead atoms. The predicted molar refractivity (Wildman–Crippen MR) is 129 cm³/mol. The Bertz CT molecular complexity index is 1010. The number of aromatic nitrogens is 1. The van der Waals surface area contributed by atoms with Crippen LogP contribution in [0.4, 0.5) is 5.69 Å². The fourth-order valence-corrected chi connectivity index (χ4v) is 4.20. The molecule has 5 heteroatoms. The lowest BCUT2D eigenvalue weighted by Gasteiger charge is -2.33. The van der Waals surface area contributed by atoms with Gasteiger partial charge in [-0.2, -0.15) is 0 Å². The molecule has 2 aromatic carbocycles. The summed E-state index contributed by atoms with van der Waals surface area (Å²) in [5.74, 6) is 0. The van der Waals surface area contributed by atoms with E-state index < -0.39 is 0 Å². The number of ether oxygens (including phenoxy) is 1. The van der Waals surface area contributed by atoms with E-state index >= 15 is 0 Å².